The molecular formula is C17H14FNO6. The molecule has 0 amide bonds. The van der Waals surface area contributed by atoms with Crippen molar-refractivity contribution in [1.29, 1.82) is 0 Å². The van der Waals surface area contributed by atoms with Crippen molar-refractivity contribution in [3.63, 3.8) is 0 Å². The zero-order valence-electron chi connectivity index (χ0n) is 13.1. The molecule has 0 fully saturated rings. The van der Waals surface area contributed by atoms with Gasteiger partial charge in [-0.05, 0) is 17.7 Å². The monoisotopic (exact) mass is 347 g/mol. The summed E-state index contributed by atoms with van der Waals surface area (Å²) in [6, 6.07) is 8.31. The first-order chi connectivity index (χ1) is 12.0. The Morgan fingerprint density at radius 2 is 2.16 bits per heavy atom. The van der Waals surface area contributed by atoms with Crippen LogP contribution in [-0.2, 0) is 33.9 Å². The molecule has 8 heteroatoms. The van der Waals surface area contributed by atoms with E-state index in [9.17, 15) is 19.3 Å². The Hall–Kier alpha value is -3.00. The van der Waals surface area contributed by atoms with Crippen LogP contribution in [0, 0.1) is 15.9 Å². The van der Waals surface area contributed by atoms with Crippen molar-refractivity contribution in [2.24, 2.45) is 0 Å². The number of hydrogen-bond donors (Lipinski definition) is 0. The average Bonchev–Trinajstić information content (AvgIpc) is 2.59. The molecule has 0 radical (unpaired) electrons. The standard InChI is InChI=1S/C17H14FNO6/c18-14-3-1-2-11(4-14)5-16(20)24-9-13-7-15(19(21)22)6-12-8-23-10-25-17(12)13/h1-4,6-7H,5,8-10H2. The van der Waals surface area contributed by atoms with Gasteiger partial charge in [0.1, 0.15) is 18.2 Å². The third-order valence-electron chi connectivity index (χ3n) is 3.61. The van der Waals surface area contributed by atoms with Crippen LogP contribution in [-0.4, -0.2) is 17.7 Å². The second-order valence-electron chi connectivity index (χ2n) is 5.43. The van der Waals surface area contributed by atoms with Crippen molar-refractivity contribution in [1.82, 2.24) is 0 Å². The molecule has 0 N–H and O–H groups in total. The van der Waals surface area contributed by atoms with Crippen LogP contribution in [0.2, 0.25) is 0 Å². The van der Waals surface area contributed by atoms with Gasteiger partial charge in [-0.15, -0.1) is 0 Å². The summed E-state index contributed by atoms with van der Waals surface area (Å²) in [5.74, 6) is -0.584. The number of rotatable bonds is 5. The molecule has 0 saturated heterocycles. The van der Waals surface area contributed by atoms with Crippen LogP contribution in [0.5, 0.6) is 5.75 Å². The lowest BCUT2D eigenvalue weighted by Crippen LogP contribution is -2.15. The SMILES string of the molecule is O=C(Cc1cccc(F)c1)OCc1cc([N+](=O)[O-])cc2c1OCOC2. The number of ether oxygens (including phenoxy) is 3. The van der Waals surface area contributed by atoms with E-state index < -0.39 is 16.7 Å². The summed E-state index contributed by atoms with van der Waals surface area (Å²) in [6.45, 7) is 0.0223. The number of halogens is 1. The third kappa shape index (κ3) is 4.10. The molecule has 3 rings (SSSR count). The molecule has 1 aliphatic heterocycles. The zero-order chi connectivity index (χ0) is 17.8. The Kier molecular flexibility index (Phi) is 4.90. The number of nitro benzene ring substituents is 1. The number of nitrogens with zero attached hydrogens (tertiary/aromatic N) is 1. The van der Waals surface area contributed by atoms with Gasteiger partial charge in [0.15, 0.2) is 6.79 Å². The van der Waals surface area contributed by atoms with Crippen LogP contribution in [0.3, 0.4) is 0 Å². The van der Waals surface area contributed by atoms with Crippen molar-refractivity contribution in [3.05, 3.63) is 69.0 Å². The number of non-ortho nitro benzene ring substituents is 1. The van der Waals surface area contributed by atoms with Crippen molar-refractivity contribution >= 4 is 11.7 Å². The Bertz CT molecular complexity index is 823. The quantitative estimate of drug-likeness (QED) is 0.469. The third-order valence-corrected chi connectivity index (χ3v) is 3.61. The number of benzene rings is 2. The molecule has 0 aliphatic carbocycles. The van der Waals surface area contributed by atoms with Crippen LogP contribution in [0.1, 0.15) is 16.7 Å². The average molecular weight is 347 g/mol. The number of nitro groups is 1. The van der Waals surface area contributed by atoms with Gasteiger partial charge >= 0.3 is 5.97 Å². The number of hydrogen-bond acceptors (Lipinski definition) is 6. The Morgan fingerprint density at radius 1 is 1.32 bits per heavy atom. The van der Waals surface area contributed by atoms with Crippen LogP contribution >= 0.6 is 0 Å². The fourth-order valence-corrected chi connectivity index (χ4v) is 2.52. The number of carbonyl (C=O) groups is 1. The van der Waals surface area contributed by atoms with E-state index in [2.05, 4.69) is 0 Å². The fourth-order valence-electron chi connectivity index (χ4n) is 2.52. The van der Waals surface area contributed by atoms with Crippen molar-refractivity contribution in [2.45, 2.75) is 19.6 Å². The van der Waals surface area contributed by atoms with Crippen LogP contribution in [0.25, 0.3) is 0 Å². The lowest BCUT2D eigenvalue weighted by Gasteiger charge is -2.20. The van der Waals surface area contributed by atoms with Gasteiger partial charge in [0.05, 0.1) is 18.0 Å². The van der Waals surface area contributed by atoms with E-state index in [0.29, 0.717) is 22.4 Å². The first kappa shape index (κ1) is 16.8. The summed E-state index contributed by atoms with van der Waals surface area (Å²) in [5.41, 5.74) is 1.26. The second-order valence-corrected chi connectivity index (χ2v) is 5.43. The van der Waals surface area contributed by atoms with E-state index >= 15 is 0 Å². The molecule has 0 atom stereocenters. The smallest absolute Gasteiger partial charge is 0.310 e. The van der Waals surface area contributed by atoms with E-state index in [0.717, 1.165) is 0 Å². The van der Waals surface area contributed by atoms with E-state index in [1.807, 2.05) is 0 Å². The lowest BCUT2D eigenvalue weighted by atomic mass is 10.1. The van der Waals surface area contributed by atoms with E-state index in [-0.39, 0.29) is 32.1 Å². The van der Waals surface area contributed by atoms with Crippen LogP contribution < -0.4 is 4.74 Å². The molecule has 0 aromatic heterocycles. The minimum absolute atomic E-state index is 0.0229. The first-order valence-corrected chi connectivity index (χ1v) is 7.44. The summed E-state index contributed by atoms with van der Waals surface area (Å²) >= 11 is 0. The largest absolute Gasteiger partial charge is 0.467 e. The van der Waals surface area contributed by atoms with Gasteiger partial charge in [0.25, 0.3) is 5.69 Å². The molecule has 1 heterocycles. The normalized spacial score (nSPS) is 12.8. The predicted octanol–water partition coefficient (Wildman–Crippen LogP) is 2.89. The van der Waals surface area contributed by atoms with E-state index in [1.54, 1.807) is 6.07 Å². The summed E-state index contributed by atoms with van der Waals surface area (Å²) in [6.07, 6.45) is -0.0984. The second kappa shape index (κ2) is 7.27. The molecule has 2 aromatic rings. The first-order valence-electron chi connectivity index (χ1n) is 7.44. The van der Waals surface area contributed by atoms with Crippen LogP contribution in [0.4, 0.5) is 10.1 Å². The molecule has 0 spiro atoms. The van der Waals surface area contributed by atoms with Gasteiger partial charge in [-0.25, -0.2) is 4.39 Å². The highest BCUT2D eigenvalue weighted by molar-refractivity contribution is 5.72. The summed E-state index contributed by atoms with van der Waals surface area (Å²) in [7, 11) is 0. The minimum Gasteiger partial charge on any atom is -0.467 e. The minimum atomic E-state index is -0.571. The molecule has 2 aromatic carbocycles. The van der Waals surface area contributed by atoms with Gasteiger partial charge < -0.3 is 14.2 Å². The molecule has 130 valence electrons. The number of esters is 1. The maximum absolute atomic E-state index is 13.1. The number of carbonyl (C=O) groups excluding carboxylic acids is 1. The van der Waals surface area contributed by atoms with Crippen LogP contribution in [0.15, 0.2) is 36.4 Å². The molecule has 0 unspecified atom stereocenters. The summed E-state index contributed by atoms with van der Waals surface area (Å²) < 4.78 is 28.8. The van der Waals surface area contributed by atoms with Crippen molar-refractivity contribution in [2.75, 3.05) is 6.79 Å². The van der Waals surface area contributed by atoms with Crippen molar-refractivity contribution in [3.8, 4) is 5.75 Å². The maximum atomic E-state index is 13.1. The van der Waals surface area contributed by atoms with Gasteiger partial charge in [-0.1, -0.05) is 12.1 Å². The summed E-state index contributed by atoms with van der Waals surface area (Å²) in [5, 5.41) is 11.0. The molecule has 1 aliphatic rings. The van der Waals surface area contributed by atoms with Gasteiger partial charge in [-0.2, -0.15) is 0 Å². The Morgan fingerprint density at radius 3 is 2.92 bits per heavy atom. The molecule has 0 bridgehead atoms. The van der Waals surface area contributed by atoms with Gasteiger partial charge in [0, 0.05) is 23.3 Å². The summed E-state index contributed by atoms with van der Waals surface area (Å²) in [4.78, 5) is 22.4. The van der Waals surface area contributed by atoms with Gasteiger partial charge in [-0.3, -0.25) is 14.9 Å². The zero-order valence-corrected chi connectivity index (χ0v) is 13.1. The fraction of sp³-hybridized carbons (Fsp3) is 0.235. The lowest BCUT2D eigenvalue weighted by molar-refractivity contribution is -0.385. The Balaban J connectivity index is 1.72. The predicted molar refractivity (Wildman–Crippen MR) is 83.3 cm³/mol. The highest BCUT2D eigenvalue weighted by Gasteiger charge is 2.21. The topological polar surface area (TPSA) is 87.9 Å². The highest BCUT2D eigenvalue weighted by Crippen LogP contribution is 2.33. The van der Waals surface area contributed by atoms with E-state index in [1.165, 1.54) is 30.3 Å². The van der Waals surface area contributed by atoms with Crippen molar-refractivity contribution < 1.29 is 28.3 Å². The Labute approximate surface area is 142 Å². The molecule has 25 heavy (non-hydrogen) atoms. The highest BCUT2D eigenvalue weighted by atomic mass is 19.1. The molecular weight excluding hydrogens is 333 g/mol. The van der Waals surface area contributed by atoms with Gasteiger partial charge in [0.2, 0.25) is 0 Å². The van der Waals surface area contributed by atoms with E-state index in [4.69, 9.17) is 14.2 Å². The maximum Gasteiger partial charge on any atom is 0.310 e. The molecule has 7 nitrogen and oxygen atoms in total. The molecule has 0 saturated carbocycles. The number of fused-ring (bicyclic) bond motifs is 1.